The van der Waals surface area contributed by atoms with Gasteiger partial charge in [-0.15, -0.1) is 0 Å². The summed E-state index contributed by atoms with van der Waals surface area (Å²) in [5, 5.41) is 7.31. The van der Waals surface area contributed by atoms with E-state index in [2.05, 4.69) is 20.6 Å². The Kier molecular flexibility index (Phi) is 4.27. The smallest absolute Gasteiger partial charge is 0.172 e. The second-order valence-electron chi connectivity index (χ2n) is 7.09. The number of allylic oxidation sites excluding steroid dienone is 3. The van der Waals surface area contributed by atoms with Crippen molar-refractivity contribution in [2.75, 3.05) is 17.2 Å². The van der Waals surface area contributed by atoms with Gasteiger partial charge in [-0.25, -0.2) is 9.37 Å². The molecule has 7 heteroatoms. The lowest BCUT2D eigenvalue weighted by molar-refractivity contribution is 0.0942. The molecule has 0 amide bonds. The van der Waals surface area contributed by atoms with Crippen LogP contribution < -0.4 is 10.6 Å². The minimum absolute atomic E-state index is 0.135. The van der Waals surface area contributed by atoms with Crippen molar-refractivity contribution >= 4 is 28.2 Å². The molecule has 0 bridgehead atoms. The first kappa shape index (κ1) is 17.5. The third-order valence-corrected chi connectivity index (χ3v) is 5.19. The molecule has 3 aromatic rings. The van der Waals surface area contributed by atoms with E-state index in [0.29, 0.717) is 17.6 Å². The van der Waals surface area contributed by atoms with Gasteiger partial charge in [0.1, 0.15) is 18.4 Å². The van der Waals surface area contributed by atoms with Gasteiger partial charge in [0.25, 0.3) is 0 Å². The van der Waals surface area contributed by atoms with Crippen LogP contribution in [0.4, 0.5) is 15.8 Å². The van der Waals surface area contributed by atoms with E-state index >= 15 is 0 Å². The van der Waals surface area contributed by atoms with Crippen molar-refractivity contribution in [3.8, 4) is 0 Å². The molecule has 3 N–H and O–H groups in total. The maximum atomic E-state index is 14.6. The number of anilines is 2. The van der Waals surface area contributed by atoms with Crippen molar-refractivity contribution in [2.24, 2.45) is 5.92 Å². The van der Waals surface area contributed by atoms with E-state index in [1.54, 1.807) is 24.5 Å². The van der Waals surface area contributed by atoms with Crippen molar-refractivity contribution in [1.29, 1.82) is 0 Å². The molecule has 2 aromatic heterocycles. The SMILES string of the molecule is O=C(c1c[nH]c2ncccc12)C1C=C(F)C(OCC2Nc3ccccc3N2)=CC1. The number of fused-ring (bicyclic) bond motifs is 2. The number of benzene rings is 1. The Morgan fingerprint density at radius 1 is 1.17 bits per heavy atom. The molecule has 5 rings (SSSR count). The summed E-state index contributed by atoms with van der Waals surface area (Å²) in [6.45, 7) is 0.258. The molecule has 29 heavy (non-hydrogen) atoms. The Morgan fingerprint density at radius 2 is 1.97 bits per heavy atom. The number of aromatic nitrogens is 2. The highest BCUT2D eigenvalue weighted by Crippen LogP contribution is 2.31. The number of nitrogens with one attached hydrogen (secondary N) is 3. The lowest BCUT2D eigenvalue weighted by Gasteiger charge is -2.19. The third-order valence-electron chi connectivity index (χ3n) is 5.19. The molecule has 0 radical (unpaired) electrons. The van der Waals surface area contributed by atoms with Crippen molar-refractivity contribution in [2.45, 2.75) is 12.6 Å². The van der Waals surface area contributed by atoms with E-state index in [9.17, 15) is 9.18 Å². The molecule has 1 atom stereocenters. The van der Waals surface area contributed by atoms with Crippen LogP contribution in [-0.4, -0.2) is 28.5 Å². The second kappa shape index (κ2) is 7.09. The lowest BCUT2D eigenvalue weighted by Crippen LogP contribution is -2.28. The van der Waals surface area contributed by atoms with Crippen LogP contribution in [0.25, 0.3) is 11.0 Å². The van der Waals surface area contributed by atoms with Crippen molar-refractivity contribution < 1.29 is 13.9 Å². The minimum atomic E-state index is -0.562. The summed E-state index contributed by atoms with van der Waals surface area (Å²) in [7, 11) is 0. The molecule has 0 saturated heterocycles. The minimum Gasteiger partial charge on any atom is -0.487 e. The Hall–Kier alpha value is -3.61. The first-order chi connectivity index (χ1) is 14.2. The van der Waals surface area contributed by atoms with Gasteiger partial charge in [0, 0.05) is 29.3 Å². The number of hydrogen-bond acceptors (Lipinski definition) is 5. The predicted octanol–water partition coefficient (Wildman–Crippen LogP) is 4.38. The molecule has 1 aliphatic heterocycles. The van der Waals surface area contributed by atoms with Crippen molar-refractivity contribution in [3.63, 3.8) is 0 Å². The third kappa shape index (κ3) is 3.24. The number of rotatable bonds is 5. The highest BCUT2D eigenvalue weighted by molar-refractivity contribution is 6.09. The average Bonchev–Trinajstić information content (AvgIpc) is 3.36. The summed E-state index contributed by atoms with van der Waals surface area (Å²) in [6.07, 6.45) is 6.53. The summed E-state index contributed by atoms with van der Waals surface area (Å²) in [6, 6.07) is 11.4. The van der Waals surface area contributed by atoms with Crippen LogP contribution in [0.15, 0.2) is 72.5 Å². The van der Waals surface area contributed by atoms with Crippen LogP contribution in [0.5, 0.6) is 0 Å². The summed E-state index contributed by atoms with van der Waals surface area (Å²) in [5.41, 5.74) is 3.16. The molecule has 0 saturated carbocycles. The van der Waals surface area contributed by atoms with Gasteiger partial charge in [0.2, 0.25) is 0 Å². The molecule has 1 unspecified atom stereocenters. The van der Waals surface area contributed by atoms with Gasteiger partial charge in [-0.3, -0.25) is 4.79 Å². The number of ketones is 1. The molecule has 6 nitrogen and oxygen atoms in total. The molecule has 2 aliphatic rings. The number of pyridine rings is 1. The number of carbonyl (C=O) groups excluding carboxylic acids is 1. The number of nitrogens with zero attached hydrogens (tertiary/aromatic N) is 1. The molecule has 0 fully saturated rings. The fraction of sp³-hybridized carbons (Fsp3) is 0.182. The Morgan fingerprint density at radius 3 is 2.72 bits per heavy atom. The fourth-order valence-electron chi connectivity index (χ4n) is 3.73. The number of halogens is 1. The first-order valence-electron chi connectivity index (χ1n) is 9.48. The number of H-pyrrole nitrogens is 1. The van der Waals surface area contributed by atoms with Gasteiger partial charge in [-0.2, -0.15) is 0 Å². The van der Waals surface area contributed by atoms with E-state index in [1.165, 1.54) is 6.08 Å². The quantitative estimate of drug-likeness (QED) is 0.564. The van der Waals surface area contributed by atoms with Gasteiger partial charge in [0.05, 0.1) is 11.4 Å². The highest BCUT2D eigenvalue weighted by atomic mass is 19.1. The van der Waals surface area contributed by atoms with E-state index in [-0.39, 0.29) is 24.3 Å². The number of ether oxygens (including phenoxy) is 1. The average molecular weight is 390 g/mol. The first-order valence-corrected chi connectivity index (χ1v) is 9.48. The summed E-state index contributed by atoms with van der Waals surface area (Å²) in [4.78, 5) is 20.1. The van der Waals surface area contributed by atoms with Crippen molar-refractivity contribution in [3.05, 3.63) is 78.1 Å². The zero-order valence-corrected chi connectivity index (χ0v) is 15.5. The van der Waals surface area contributed by atoms with Gasteiger partial charge < -0.3 is 20.4 Å². The standard InChI is InChI=1S/C22H19FN4O2/c23-16-10-13(21(28)15-11-25-22-14(15)4-3-9-24-22)7-8-19(16)29-12-20-26-17-5-1-2-6-18(17)27-20/h1-6,8-11,13,20,26-27H,7,12H2,(H,24,25). The Labute approximate surface area is 166 Å². The van der Waals surface area contributed by atoms with E-state index < -0.39 is 11.7 Å². The monoisotopic (exact) mass is 390 g/mol. The van der Waals surface area contributed by atoms with E-state index in [4.69, 9.17) is 4.74 Å². The maximum absolute atomic E-state index is 14.6. The van der Waals surface area contributed by atoms with Gasteiger partial charge in [-0.05, 0) is 42.8 Å². The zero-order chi connectivity index (χ0) is 19.8. The molecule has 0 spiro atoms. The van der Waals surface area contributed by atoms with Crippen LogP contribution in [0.1, 0.15) is 16.8 Å². The summed E-state index contributed by atoms with van der Waals surface area (Å²) in [5.74, 6) is -1.03. The van der Waals surface area contributed by atoms with Gasteiger partial charge in [0.15, 0.2) is 17.4 Å². The lowest BCUT2D eigenvalue weighted by atomic mass is 9.91. The predicted molar refractivity (Wildman–Crippen MR) is 109 cm³/mol. The van der Waals surface area contributed by atoms with E-state index in [0.717, 1.165) is 16.8 Å². The van der Waals surface area contributed by atoms with Crippen LogP contribution in [-0.2, 0) is 4.74 Å². The summed E-state index contributed by atoms with van der Waals surface area (Å²) < 4.78 is 20.3. The number of aromatic amines is 1. The number of para-hydroxylation sites is 2. The summed E-state index contributed by atoms with van der Waals surface area (Å²) >= 11 is 0. The van der Waals surface area contributed by atoms with Crippen LogP contribution in [0.3, 0.4) is 0 Å². The zero-order valence-electron chi connectivity index (χ0n) is 15.5. The Balaban J connectivity index is 1.23. The normalized spacial score (nSPS) is 18.4. The molecule has 3 heterocycles. The molecule has 1 aromatic carbocycles. The number of hydrogen-bond donors (Lipinski definition) is 3. The molecule has 146 valence electrons. The molecular weight excluding hydrogens is 371 g/mol. The van der Waals surface area contributed by atoms with Crippen LogP contribution in [0.2, 0.25) is 0 Å². The largest absolute Gasteiger partial charge is 0.487 e. The van der Waals surface area contributed by atoms with Crippen LogP contribution in [0, 0.1) is 5.92 Å². The number of Topliss-reactive ketones (excluding diaryl/α,β-unsaturated/α-hetero) is 1. The van der Waals surface area contributed by atoms with E-state index in [1.807, 2.05) is 30.3 Å². The van der Waals surface area contributed by atoms with Crippen molar-refractivity contribution in [1.82, 2.24) is 9.97 Å². The van der Waals surface area contributed by atoms with Crippen LogP contribution >= 0.6 is 0 Å². The highest BCUT2D eigenvalue weighted by Gasteiger charge is 2.27. The van der Waals surface area contributed by atoms with Gasteiger partial charge in [-0.1, -0.05) is 12.1 Å². The second-order valence-corrected chi connectivity index (χ2v) is 7.09. The fourth-order valence-corrected chi connectivity index (χ4v) is 3.73. The molecule has 1 aliphatic carbocycles. The van der Waals surface area contributed by atoms with Gasteiger partial charge >= 0.3 is 0 Å². The molecular formula is C22H19FN4O2. The topological polar surface area (TPSA) is 79.0 Å². The maximum Gasteiger partial charge on any atom is 0.172 e. The Bertz CT molecular complexity index is 1130. The number of carbonyl (C=O) groups is 1.